The number of phenolic OH excluding ortho intramolecular Hbond substituents is 2. The molecule has 0 unspecified atom stereocenters. The van der Waals surface area contributed by atoms with Crippen LogP contribution in [0.25, 0.3) is 42.4 Å². The summed E-state index contributed by atoms with van der Waals surface area (Å²) in [4.78, 5) is 33.4. The van der Waals surface area contributed by atoms with Crippen molar-refractivity contribution in [1.29, 1.82) is 0 Å². The van der Waals surface area contributed by atoms with Gasteiger partial charge in [-0.25, -0.2) is 4.39 Å². The number of hydrogen-bond donors (Lipinski definition) is 2. The number of thiophene rings is 2. The Morgan fingerprint density at radius 2 is 1.10 bits per heavy atom. The number of aromatic hydroxyl groups is 2. The molecule has 2 aliphatic heterocycles. The number of ether oxygens (including phenoxy) is 2. The van der Waals surface area contributed by atoms with E-state index in [4.69, 9.17) is 32.7 Å². The van der Waals surface area contributed by atoms with E-state index in [1.807, 2.05) is 80.6 Å². The Bertz CT molecular complexity index is 3220. The van der Waals surface area contributed by atoms with E-state index in [1.165, 1.54) is 47.6 Å². The lowest BCUT2D eigenvalue weighted by atomic mass is 9.94. The topological polar surface area (TPSA) is 99.5 Å². The molecule has 366 valence electrons. The summed E-state index contributed by atoms with van der Waals surface area (Å²) in [5, 5.41) is 22.5. The first-order valence-corrected chi connectivity index (χ1v) is 26.3. The summed E-state index contributed by atoms with van der Waals surface area (Å²) in [6.45, 7) is 16.1. The van der Waals surface area contributed by atoms with Crippen molar-refractivity contribution in [3.8, 4) is 45.3 Å². The summed E-state index contributed by atoms with van der Waals surface area (Å²) in [6, 6.07) is 33.4. The van der Waals surface area contributed by atoms with Crippen molar-refractivity contribution in [1.82, 2.24) is 9.80 Å². The molecule has 0 amide bonds. The largest absolute Gasteiger partial charge is 0.508 e. The van der Waals surface area contributed by atoms with Crippen LogP contribution in [0, 0.1) is 31.5 Å². The molecule has 2 aromatic heterocycles. The number of nitrogens with zero attached hydrogens (tertiary/aromatic N) is 2. The van der Waals surface area contributed by atoms with Crippen LogP contribution in [-0.4, -0.2) is 84.1 Å². The predicted molar refractivity (Wildman–Crippen MR) is 288 cm³/mol. The third-order valence-electron chi connectivity index (χ3n) is 13.3. The van der Waals surface area contributed by atoms with Crippen LogP contribution in [0.15, 0.2) is 115 Å². The second kappa shape index (κ2) is 21.9. The quantitative estimate of drug-likeness (QED) is 0.104. The number of rotatable bonds is 14. The summed E-state index contributed by atoms with van der Waals surface area (Å²) >= 11 is 15.1. The highest BCUT2D eigenvalue weighted by molar-refractivity contribution is 7.22. The summed E-state index contributed by atoms with van der Waals surface area (Å²) in [5.74, 6) is 2.60. The maximum Gasteiger partial charge on any atom is 0.205 e. The molecule has 10 rings (SSSR count). The van der Waals surface area contributed by atoms with Crippen LogP contribution in [0.1, 0.15) is 68.3 Å². The first-order chi connectivity index (χ1) is 34.2. The summed E-state index contributed by atoms with van der Waals surface area (Å²) < 4.78 is 27.2. The van der Waals surface area contributed by atoms with Gasteiger partial charge in [0.2, 0.25) is 11.6 Å². The number of phenols is 2. The van der Waals surface area contributed by atoms with E-state index >= 15 is 0 Å². The summed E-state index contributed by atoms with van der Waals surface area (Å²) in [7, 11) is 0. The second-order valence-electron chi connectivity index (χ2n) is 18.8. The molecule has 0 spiro atoms. The van der Waals surface area contributed by atoms with Crippen LogP contribution < -0.4 is 9.47 Å². The Hall–Kier alpha value is -5.79. The highest BCUT2D eigenvalue weighted by Gasteiger charge is 2.26. The van der Waals surface area contributed by atoms with E-state index in [2.05, 4.69) is 23.6 Å². The van der Waals surface area contributed by atoms with Crippen LogP contribution in [-0.2, 0) is 0 Å². The van der Waals surface area contributed by atoms with Crippen molar-refractivity contribution < 1.29 is 33.7 Å². The van der Waals surface area contributed by atoms with Crippen LogP contribution in [0.2, 0.25) is 10.0 Å². The van der Waals surface area contributed by atoms with Gasteiger partial charge in [-0.05, 0) is 165 Å². The van der Waals surface area contributed by atoms with Crippen molar-refractivity contribution in [3.05, 3.63) is 163 Å². The third kappa shape index (κ3) is 11.5. The molecule has 8 aromatic rings. The molecule has 2 aliphatic rings. The number of aryl methyl sites for hydroxylation is 2. The van der Waals surface area contributed by atoms with E-state index in [9.17, 15) is 24.2 Å². The molecule has 0 saturated carbocycles. The Balaban J connectivity index is 0.000000176. The van der Waals surface area contributed by atoms with Gasteiger partial charge in [-0.15, -0.1) is 22.7 Å². The highest BCUT2D eigenvalue weighted by atomic mass is 35.5. The molecule has 2 N–H and O–H groups in total. The van der Waals surface area contributed by atoms with E-state index < -0.39 is 5.82 Å². The minimum atomic E-state index is -0.497. The number of hydrogen-bond acceptors (Lipinski definition) is 10. The van der Waals surface area contributed by atoms with E-state index in [0.29, 0.717) is 33.6 Å². The van der Waals surface area contributed by atoms with Gasteiger partial charge < -0.3 is 19.7 Å². The first kappa shape index (κ1) is 50.2. The van der Waals surface area contributed by atoms with Crippen LogP contribution in [0.4, 0.5) is 4.39 Å². The number of carbonyl (C=O) groups is 2. The Morgan fingerprint density at radius 1 is 0.634 bits per heavy atom. The third-order valence-corrected chi connectivity index (χ3v) is 16.1. The van der Waals surface area contributed by atoms with E-state index in [-0.39, 0.29) is 33.7 Å². The monoisotopic (exact) mass is 1030 g/mol. The van der Waals surface area contributed by atoms with Crippen LogP contribution in [0.3, 0.4) is 0 Å². The lowest BCUT2D eigenvalue weighted by Gasteiger charge is -2.15. The molecule has 2 fully saturated rings. The van der Waals surface area contributed by atoms with E-state index in [0.717, 1.165) is 122 Å². The molecule has 0 bridgehead atoms. The predicted octanol–water partition coefficient (Wildman–Crippen LogP) is 14.5. The zero-order valence-corrected chi connectivity index (χ0v) is 43.2. The van der Waals surface area contributed by atoms with Crippen molar-refractivity contribution in [2.24, 2.45) is 11.8 Å². The van der Waals surface area contributed by atoms with Gasteiger partial charge in [-0.2, -0.15) is 0 Å². The van der Waals surface area contributed by atoms with Crippen molar-refractivity contribution in [3.63, 3.8) is 0 Å². The minimum absolute atomic E-state index is 0.0301. The maximum absolute atomic E-state index is 13.9. The van der Waals surface area contributed by atoms with Gasteiger partial charge in [0.05, 0.1) is 14.8 Å². The minimum Gasteiger partial charge on any atom is -0.508 e. The molecule has 0 radical (unpaired) electrons. The van der Waals surface area contributed by atoms with Crippen LogP contribution >= 0.6 is 45.9 Å². The van der Waals surface area contributed by atoms with Crippen molar-refractivity contribution in [2.45, 2.75) is 40.5 Å². The fourth-order valence-electron chi connectivity index (χ4n) is 9.72. The fraction of sp³-hybridized carbons (Fsp3) is 0.276. The molecule has 71 heavy (non-hydrogen) atoms. The number of benzene rings is 6. The number of fused-ring (bicyclic) bond motifs is 2. The molecule has 0 aliphatic carbocycles. The number of likely N-dealkylation sites (tertiary alicyclic amines) is 2. The first-order valence-electron chi connectivity index (χ1n) is 23.9. The zero-order valence-electron chi connectivity index (χ0n) is 40.1. The van der Waals surface area contributed by atoms with Gasteiger partial charge in [-0.1, -0.05) is 61.3 Å². The van der Waals surface area contributed by atoms with Crippen molar-refractivity contribution in [2.75, 3.05) is 52.5 Å². The van der Waals surface area contributed by atoms with Gasteiger partial charge in [0.15, 0.2) is 0 Å². The zero-order chi connectivity index (χ0) is 49.9. The smallest absolute Gasteiger partial charge is 0.205 e. The molecular formula is C58H55Cl2FN2O6S2. The number of carbonyl (C=O) groups excluding carboxylic acids is 2. The average Bonchev–Trinajstić information content (AvgIpc) is 4.14. The normalized spacial score (nSPS) is 16.1. The standard InChI is InChI=1S/C30H30ClNO3S.C28H25ClFNO3S/c1-18-10-11-32(17-18)12-13-35-24-7-4-21(5-8-24)28-25-9-6-23(33)16-26(25)36-30(28)29(34)27-19(2)14-22(31)15-20(27)3;1-17-10-11-31(16-17)12-13-34-21-6-2-18(3-7-21)26-23-9-5-20(32)15-25(23)35-28(26)27(33)22-8-4-19(30)14-24(22)29/h4-9,14-16,18,33H,10-13,17H2,1-3H3;2-9,14-15,17,32H,10-13,16H2,1H3/t18-;17-/m11/s1. The lowest BCUT2D eigenvalue weighted by Crippen LogP contribution is -2.25. The number of halogens is 3. The maximum atomic E-state index is 13.9. The Labute approximate surface area is 431 Å². The summed E-state index contributed by atoms with van der Waals surface area (Å²) in [5.41, 5.74) is 6.05. The second-order valence-corrected chi connectivity index (χ2v) is 21.8. The highest BCUT2D eigenvalue weighted by Crippen LogP contribution is 2.44. The van der Waals surface area contributed by atoms with Gasteiger partial charge in [0.1, 0.15) is 42.0 Å². The SMILES string of the molecule is C[C@@H]1CCN(CCOc2ccc(-c3c(C(=O)c4ccc(F)cc4Cl)sc4cc(O)ccc34)cc2)C1.Cc1cc(Cl)cc(C)c1C(=O)c1sc2cc(O)ccc2c1-c1ccc(OCCN2CC[C@@H](C)C2)cc1. The molecule has 2 saturated heterocycles. The molecule has 2 atom stereocenters. The van der Waals surface area contributed by atoms with E-state index in [1.54, 1.807) is 30.3 Å². The summed E-state index contributed by atoms with van der Waals surface area (Å²) in [6.07, 6.45) is 2.50. The van der Waals surface area contributed by atoms with Gasteiger partial charge in [0, 0.05) is 73.6 Å². The van der Waals surface area contributed by atoms with Gasteiger partial charge in [0.25, 0.3) is 0 Å². The van der Waals surface area contributed by atoms with Crippen LogP contribution in [0.5, 0.6) is 23.0 Å². The molecule has 4 heterocycles. The Kier molecular flexibility index (Phi) is 15.5. The van der Waals surface area contributed by atoms with Gasteiger partial charge in [-0.3, -0.25) is 19.4 Å². The molecule has 8 nitrogen and oxygen atoms in total. The van der Waals surface area contributed by atoms with Gasteiger partial charge >= 0.3 is 0 Å². The number of ketones is 2. The van der Waals surface area contributed by atoms with Crippen molar-refractivity contribution >= 4 is 77.6 Å². The average molecular weight is 1030 g/mol. The lowest BCUT2D eigenvalue weighted by molar-refractivity contribution is 0.103. The Morgan fingerprint density at radius 3 is 1.54 bits per heavy atom. The molecule has 13 heteroatoms. The fourth-order valence-corrected chi connectivity index (χ4v) is 12.7. The molecule has 6 aromatic carbocycles. The molecular weight excluding hydrogens is 975 g/mol.